The van der Waals surface area contributed by atoms with Crippen LogP contribution in [0.5, 0.6) is 0 Å². The van der Waals surface area contributed by atoms with Crippen LogP contribution in [-0.2, 0) is 17.0 Å². The number of hydrogen-bond donors (Lipinski definition) is 1. The van der Waals surface area contributed by atoms with Crippen molar-refractivity contribution in [2.75, 3.05) is 13.2 Å². The van der Waals surface area contributed by atoms with Gasteiger partial charge in [-0.3, -0.25) is 14.2 Å². The normalized spacial score (nSPS) is 15.9. The molecule has 1 aromatic heterocycles. The second-order valence-corrected chi connectivity index (χ2v) is 10.1. The third-order valence-corrected chi connectivity index (χ3v) is 6.80. The molecule has 0 spiro atoms. The number of thioether (sulfide) groups is 1. The number of rotatable bonds is 8. The topological polar surface area (TPSA) is 73.2 Å². The fourth-order valence-electron chi connectivity index (χ4n) is 3.78. The van der Waals surface area contributed by atoms with Crippen LogP contribution < -0.4 is 10.9 Å². The average Bonchev–Trinajstić information content (AvgIpc) is 3.31. The lowest BCUT2D eigenvalue weighted by molar-refractivity contribution is 0.0937. The lowest BCUT2D eigenvalue weighted by Gasteiger charge is -2.17. The van der Waals surface area contributed by atoms with E-state index in [1.165, 1.54) is 11.8 Å². The molecule has 2 heterocycles. The maximum atomic E-state index is 13.4. The molecule has 1 amide bonds. The van der Waals surface area contributed by atoms with Crippen LogP contribution >= 0.6 is 23.4 Å². The number of carbonyl (C=O) groups excluding carboxylic acids is 1. The predicted molar refractivity (Wildman–Crippen MR) is 133 cm³/mol. The Balaban J connectivity index is 1.68. The second kappa shape index (κ2) is 10.7. The van der Waals surface area contributed by atoms with Crippen molar-refractivity contribution in [2.24, 2.45) is 5.92 Å². The van der Waals surface area contributed by atoms with Gasteiger partial charge in [-0.15, -0.1) is 0 Å². The SMILES string of the molecule is CC(C)CNC(=O)c1ccc2c(=O)n(C[C@H]3CCCO3)c(SCc3cccc(Cl)c3)nc2c1. The molecular weight excluding hydrogens is 458 g/mol. The first-order valence-corrected chi connectivity index (χ1v) is 12.6. The van der Waals surface area contributed by atoms with Crippen molar-refractivity contribution in [1.29, 1.82) is 0 Å². The highest BCUT2D eigenvalue weighted by molar-refractivity contribution is 7.98. The summed E-state index contributed by atoms with van der Waals surface area (Å²) in [7, 11) is 0. The fraction of sp³-hybridized carbons (Fsp3) is 0.400. The van der Waals surface area contributed by atoms with Gasteiger partial charge < -0.3 is 10.1 Å². The predicted octanol–water partition coefficient (Wildman–Crippen LogP) is 4.91. The number of fused-ring (bicyclic) bond motifs is 1. The van der Waals surface area contributed by atoms with E-state index in [2.05, 4.69) is 5.32 Å². The highest BCUT2D eigenvalue weighted by Gasteiger charge is 2.21. The minimum Gasteiger partial charge on any atom is -0.376 e. The average molecular weight is 486 g/mol. The minimum atomic E-state index is -0.163. The van der Waals surface area contributed by atoms with Crippen LogP contribution in [0.1, 0.15) is 42.6 Å². The van der Waals surface area contributed by atoms with Crippen LogP contribution in [-0.4, -0.2) is 34.7 Å². The van der Waals surface area contributed by atoms with Gasteiger partial charge in [-0.25, -0.2) is 4.98 Å². The number of ether oxygens (including phenoxy) is 1. The van der Waals surface area contributed by atoms with E-state index in [0.717, 1.165) is 25.0 Å². The first kappa shape index (κ1) is 23.8. The van der Waals surface area contributed by atoms with Crippen molar-refractivity contribution >= 4 is 40.2 Å². The minimum absolute atomic E-state index is 0.00792. The van der Waals surface area contributed by atoms with Gasteiger partial charge in [-0.2, -0.15) is 0 Å². The van der Waals surface area contributed by atoms with Gasteiger partial charge in [0, 0.05) is 29.5 Å². The largest absolute Gasteiger partial charge is 0.376 e. The lowest BCUT2D eigenvalue weighted by Crippen LogP contribution is -2.29. The number of aromatic nitrogens is 2. The number of amides is 1. The molecule has 0 radical (unpaired) electrons. The first-order valence-electron chi connectivity index (χ1n) is 11.2. The van der Waals surface area contributed by atoms with Crippen molar-refractivity contribution in [3.63, 3.8) is 0 Å². The molecule has 1 fully saturated rings. The van der Waals surface area contributed by atoms with Crippen LogP contribution in [0.4, 0.5) is 0 Å². The van der Waals surface area contributed by atoms with Gasteiger partial charge in [-0.1, -0.05) is 49.3 Å². The van der Waals surface area contributed by atoms with Crippen molar-refractivity contribution in [2.45, 2.75) is 50.2 Å². The summed E-state index contributed by atoms with van der Waals surface area (Å²) in [6.07, 6.45) is 1.94. The molecule has 6 nitrogen and oxygen atoms in total. The van der Waals surface area contributed by atoms with Gasteiger partial charge >= 0.3 is 0 Å². The number of hydrogen-bond acceptors (Lipinski definition) is 5. The Labute approximate surface area is 202 Å². The Morgan fingerprint density at radius 1 is 1.30 bits per heavy atom. The van der Waals surface area contributed by atoms with E-state index in [1.54, 1.807) is 22.8 Å². The zero-order valence-corrected chi connectivity index (χ0v) is 20.4. The molecule has 1 atom stereocenters. The maximum Gasteiger partial charge on any atom is 0.262 e. The third kappa shape index (κ3) is 5.96. The number of benzene rings is 2. The summed E-state index contributed by atoms with van der Waals surface area (Å²) in [5, 5.41) is 4.71. The Kier molecular flexibility index (Phi) is 7.73. The monoisotopic (exact) mass is 485 g/mol. The molecule has 1 N–H and O–H groups in total. The lowest BCUT2D eigenvalue weighted by atomic mass is 10.1. The molecule has 33 heavy (non-hydrogen) atoms. The molecule has 0 aliphatic carbocycles. The molecule has 0 saturated carbocycles. The molecule has 2 aromatic carbocycles. The Morgan fingerprint density at radius 2 is 2.15 bits per heavy atom. The highest BCUT2D eigenvalue weighted by atomic mass is 35.5. The molecule has 3 aromatic rings. The van der Waals surface area contributed by atoms with Gasteiger partial charge in [-0.05, 0) is 54.7 Å². The summed E-state index contributed by atoms with van der Waals surface area (Å²) in [6.45, 7) is 5.87. The van der Waals surface area contributed by atoms with E-state index in [-0.39, 0.29) is 17.6 Å². The van der Waals surface area contributed by atoms with Crippen LogP contribution in [0.3, 0.4) is 0 Å². The fourth-order valence-corrected chi connectivity index (χ4v) is 4.94. The summed E-state index contributed by atoms with van der Waals surface area (Å²) in [5.74, 6) is 0.814. The summed E-state index contributed by atoms with van der Waals surface area (Å²) < 4.78 is 7.50. The quantitative estimate of drug-likeness (QED) is 0.362. The molecule has 0 bridgehead atoms. The van der Waals surface area contributed by atoms with E-state index in [0.29, 0.717) is 51.4 Å². The van der Waals surface area contributed by atoms with Crippen LogP contribution in [0, 0.1) is 5.92 Å². The van der Waals surface area contributed by atoms with Crippen molar-refractivity contribution in [3.05, 3.63) is 69.0 Å². The molecule has 1 aliphatic rings. The number of nitrogens with one attached hydrogen (secondary N) is 1. The smallest absolute Gasteiger partial charge is 0.262 e. The van der Waals surface area contributed by atoms with Crippen molar-refractivity contribution in [3.8, 4) is 0 Å². The van der Waals surface area contributed by atoms with Crippen LogP contribution in [0.15, 0.2) is 52.4 Å². The van der Waals surface area contributed by atoms with E-state index in [9.17, 15) is 9.59 Å². The highest BCUT2D eigenvalue weighted by Crippen LogP contribution is 2.25. The Hall–Kier alpha value is -2.35. The maximum absolute atomic E-state index is 13.4. The van der Waals surface area contributed by atoms with Crippen molar-refractivity contribution < 1.29 is 9.53 Å². The molecule has 1 saturated heterocycles. The second-order valence-electron chi connectivity index (χ2n) is 8.70. The molecule has 4 rings (SSSR count). The first-order chi connectivity index (χ1) is 15.9. The van der Waals surface area contributed by atoms with Crippen LogP contribution in [0.25, 0.3) is 10.9 Å². The third-order valence-electron chi connectivity index (χ3n) is 5.52. The van der Waals surface area contributed by atoms with Gasteiger partial charge in [0.1, 0.15) is 0 Å². The molecule has 8 heteroatoms. The van der Waals surface area contributed by atoms with Crippen LogP contribution in [0.2, 0.25) is 5.02 Å². The number of nitrogens with zero attached hydrogens (tertiary/aromatic N) is 2. The summed E-state index contributed by atoms with van der Waals surface area (Å²) >= 11 is 7.62. The van der Waals surface area contributed by atoms with Gasteiger partial charge in [0.2, 0.25) is 0 Å². The summed E-state index contributed by atoms with van der Waals surface area (Å²) in [5.41, 5.74) is 1.96. The molecular formula is C25H28ClN3O3S. The van der Waals surface area contributed by atoms with Crippen molar-refractivity contribution in [1.82, 2.24) is 14.9 Å². The standard InChI is InChI=1S/C25H28ClN3O3S/c1-16(2)13-27-23(30)18-8-9-21-22(12-18)28-25(33-15-17-5-3-6-19(26)11-17)29(24(21)31)14-20-7-4-10-32-20/h3,5-6,8-9,11-12,16,20H,4,7,10,13-15H2,1-2H3,(H,27,30)/t20-/m1/s1. The number of halogens is 1. The zero-order chi connectivity index (χ0) is 23.4. The van der Waals surface area contributed by atoms with Gasteiger partial charge in [0.05, 0.1) is 23.6 Å². The Morgan fingerprint density at radius 3 is 2.88 bits per heavy atom. The van der Waals surface area contributed by atoms with E-state index in [4.69, 9.17) is 21.3 Å². The molecule has 0 unspecified atom stereocenters. The number of carbonyl (C=O) groups is 1. The molecule has 1 aliphatic heterocycles. The molecule has 174 valence electrons. The summed E-state index contributed by atoms with van der Waals surface area (Å²) in [6, 6.07) is 12.8. The zero-order valence-electron chi connectivity index (χ0n) is 18.8. The van der Waals surface area contributed by atoms with Gasteiger partial charge in [0.25, 0.3) is 11.5 Å². The summed E-state index contributed by atoms with van der Waals surface area (Å²) in [4.78, 5) is 30.8. The van der Waals surface area contributed by atoms with E-state index in [1.807, 2.05) is 38.1 Å². The Bertz CT molecular complexity index is 1210. The van der Waals surface area contributed by atoms with Gasteiger partial charge in [0.15, 0.2) is 5.16 Å². The van der Waals surface area contributed by atoms with E-state index < -0.39 is 0 Å². The van der Waals surface area contributed by atoms with E-state index >= 15 is 0 Å².